The molecule has 0 aliphatic rings. The first-order valence-electron chi connectivity index (χ1n) is 8.44. The Morgan fingerprint density at radius 2 is 1.85 bits per heavy atom. The van der Waals surface area contributed by atoms with Crippen molar-refractivity contribution in [2.24, 2.45) is 0 Å². The van der Waals surface area contributed by atoms with Crippen molar-refractivity contribution in [3.63, 3.8) is 0 Å². The van der Waals surface area contributed by atoms with E-state index in [4.69, 9.17) is 0 Å². The second-order valence-corrected chi connectivity index (χ2v) is 8.29. The van der Waals surface area contributed by atoms with Crippen LogP contribution in [0.1, 0.15) is 17.5 Å². The second-order valence-electron chi connectivity index (χ2n) is 6.18. The summed E-state index contributed by atoms with van der Waals surface area (Å²) < 4.78 is 26.4. The Labute approximate surface area is 158 Å². The van der Waals surface area contributed by atoms with Crippen LogP contribution < -0.4 is 5.32 Å². The van der Waals surface area contributed by atoms with Gasteiger partial charge in [0.1, 0.15) is 12.7 Å². The molecule has 0 radical (unpaired) electrons. The number of hydrogen-bond acceptors (Lipinski definition) is 5. The summed E-state index contributed by atoms with van der Waals surface area (Å²) in [4.78, 5) is 16.4. The van der Waals surface area contributed by atoms with E-state index >= 15 is 0 Å². The first-order valence-corrected chi connectivity index (χ1v) is 10.1. The van der Waals surface area contributed by atoms with E-state index in [2.05, 4.69) is 15.4 Å². The molecule has 0 aliphatic carbocycles. The van der Waals surface area contributed by atoms with Gasteiger partial charge < -0.3 is 5.32 Å². The smallest absolute Gasteiger partial charge is 0.225 e. The molecule has 0 unspecified atom stereocenters. The minimum Gasteiger partial charge on any atom is -0.326 e. The predicted molar refractivity (Wildman–Crippen MR) is 102 cm³/mol. The molecule has 7 nitrogen and oxygen atoms in total. The molecule has 8 heteroatoms. The Morgan fingerprint density at radius 3 is 2.56 bits per heavy atom. The number of carbonyl (C=O) groups is 1. The lowest BCUT2D eigenvalue weighted by Crippen LogP contribution is -2.18. The largest absolute Gasteiger partial charge is 0.326 e. The van der Waals surface area contributed by atoms with E-state index in [9.17, 15) is 13.2 Å². The van der Waals surface area contributed by atoms with E-state index in [-0.39, 0.29) is 23.0 Å². The number of benzene rings is 2. The second kappa shape index (κ2) is 8.13. The molecule has 1 N–H and O–H groups in total. The lowest BCUT2D eigenvalue weighted by molar-refractivity contribution is -0.115. The van der Waals surface area contributed by atoms with E-state index in [0.29, 0.717) is 12.2 Å². The molecule has 1 amide bonds. The lowest BCUT2D eigenvalue weighted by Gasteiger charge is -2.11. The van der Waals surface area contributed by atoms with Gasteiger partial charge in [-0.05, 0) is 30.7 Å². The zero-order chi connectivity index (χ0) is 19.3. The molecule has 2 aromatic carbocycles. The fourth-order valence-electron chi connectivity index (χ4n) is 2.57. The van der Waals surface area contributed by atoms with Crippen LogP contribution in [0.5, 0.6) is 0 Å². The van der Waals surface area contributed by atoms with E-state index in [1.807, 2.05) is 25.1 Å². The van der Waals surface area contributed by atoms with Crippen LogP contribution in [0.4, 0.5) is 5.69 Å². The summed E-state index contributed by atoms with van der Waals surface area (Å²) in [5.41, 5.74) is 2.47. The number of carbonyl (C=O) groups excluding carboxylic acids is 1. The Hall–Kier alpha value is -3.00. The molecule has 0 atom stereocenters. The van der Waals surface area contributed by atoms with Crippen molar-refractivity contribution < 1.29 is 13.2 Å². The molecular weight excluding hydrogens is 364 g/mol. The molecule has 0 fully saturated rings. The molecule has 0 aliphatic heterocycles. The van der Waals surface area contributed by atoms with E-state index < -0.39 is 9.84 Å². The number of para-hydroxylation sites is 1. The molecule has 0 bridgehead atoms. The number of nitrogens with one attached hydrogen (secondary N) is 1. The van der Waals surface area contributed by atoms with Crippen molar-refractivity contribution in [3.8, 4) is 0 Å². The summed E-state index contributed by atoms with van der Waals surface area (Å²) in [6.45, 7) is 2.35. The summed E-state index contributed by atoms with van der Waals surface area (Å²) in [6.07, 6.45) is 2.91. The van der Waals surface area contributed by atoms with Crippen molar-refractivity contribution in [1.82, 2.24) is 14.8 Å². The van der Waals surface area contributed by atoms with Gasteiger partial charge in [0.05, 0.1) is 17.2 Å². The number of aromatic nitrogens is 3. The third-order valence-electron chi connectivity index (χ3n) is 4.07. The summed E-state index contributed by atoms with van der Waals surface area (Å²) in [5, 5.41) is 6.84. The Balaban J connectivity index is 1.63. The molecule has 0 spiro atoms. The van der Waals surface area contributed by atoms with Crippen LogP contribution in [0.3, 0.4) is 0 Å². The van der Waals surface area contributed by atoms with Crippen molar-refractivity contribution in [1.29, 1.82) is 0 Å². The Bertz CT molecular complexity index is 1010. The van der Waals surface area contributed by atoms with Gasteiger partial charge in [0.15, 0.2) is 9.84 Å². The van der Waals surface area contributed by atoms with Gasteiger partial charge in [-0.1, -0.05) is 35.9 Å². The fraction of sp³-hybridized carbons (Fsp3) is 0.211. The standard InChI is InChI=1S/C19H20N4O3S/c1-15-6-8-17(9-7-15)27(25,26)11-10-19(24)22-18-5-3-2-4-16(18)12-23-14-20-13-21-23/h2-9,13-14H,10-12H2,1H3,(H,22,24). The third kappa shape index (κ3) is 5.01. The first-order chi connectivity index (χ1) is 12.9. The summed E-state index contributed by atoms with van der Waals surface area (Å²) in [7, 11) is -3.50. The highest BCUT2D eigenvalue weighted by Crippen LogP contribution is 2.17. The predicted octanol–water partition coefficient (Wildman–Crippen LogP) is 2.44. The minimum atomic E-state index is -3.50. The fourth-order valence-corrected chi connectivity index (χ4v) is 3.81. The maximum atomic E-state index is 12.4. The van der Waals surface area contributed by atoms with Gasteiger partial charge in [-0.2, -0.15) is 5.10 Å². The van der Waals surface area contributed by atoms with Crippen molar-refractivity contribution in [2.75, 3.05) is 11.1 Å². The van der Waals surface area contributed by atoms with Crippen LogP contribution in [0.15, 0.2) is 66.1 Å². The van der Waals surface area contributed by atoms with Crippen molar-refractivity contribution in [2.45, 2.75) is 24.8 Å². The van der Waals surface area contributed by atoms with Gasteiger partial charge in [-0.25, -0.2) is 18.1 Å². The van der Waals surface area contributed by atoms with Crippen LogP contribution in [0.25, 0.3) is 0 Å². The zero-order valence-corrected chi connectivity index (χ0v) is 15.7. The average Bonchev–Trinajstić information content (AvgIpc) is 3.15. The van der Waals surface area contributed by atoms with Gasteiger partial charge in [0.2, 0.25) is 5.91 Å². The number of rotatable bonds is 7. The topological polar surface area (TPSA) is 94.0 Å². The number of aryl methyl sites for hydroxylation is 1. The lowest BCUT2D eigenvalue weighted by atomic mass is 10.1. The molecule has 1 heterocycles. The number of nitrogens with zero attached hydrogens (tertiary/aromatic N) is 3. The van der Waals surface area contributed by atoms with Crippen LogP contribution >= 0.6 is 0 Å². The summed E-state index contributed by atoms with van der Waals surface area (Å²) >= 11 is 0. The third-order valence-corrected chi connectivity index (χ3v) is 5.80. The highest BCUT2D eigenvalue weighted by Gasteiger charge is 2.17. The normalized spacial score (nSPS) is 11.3. The Morgan fingerprint density at radius 1 is 1.11 bits per heavy atom. The van der Waals surface area contributed by atoms with Gasteiger partial charge in [-0.15, -0.1) is 0 Å². The van der Waals surface area contributed by atoms with E-state index in [1.54, 1.807) is 41.3 Å². The summed E-state index contributed by atoms with van der Waals surface area (Å²) in [5.74, 6) is -0.593. The highest BCUT2D eigenvalue weighted by atomic mass is 32.2. The van der Waals surface area contributed by atoms with Gasteiger partial charge in [-0.3, -0.25) is 4.79 Å². The zero-order valence-electron chi connectivity index (χ0n) is 14.9. The molecule has 27 heavy (non-hydrogen) atoms. The van der Waals surface area contributed by atoms with Gasteiger partial charge >= 0.3 is 0 Å². The SMILES string of the molecule is Cc1ccc(S(=O)(=O)CCC(=O)Nc2ccccc2Cn2cncn2)cc1. The molecule has 1 aromatic heterocycles. The number of amides is 1. The Kier molecular flexibility index (Phi) is 5.66. The van der Waals surface area contributed by atoms with Crippen LogP contribution in [0, 0.1) is 6.92 Å². The van der Waals surface area contributed by atoms with Crippen LogP contribution in [-0.2, 0) is 21.2 Å². The maximum absolute atomic E-state index is 12.4. The van der Waals surface area contributed by atoms with Crippen LogP contribution in [0.2, 0.25) is 0 Å². The van der Waals surface area contributed by atoms with Gasteiger partial charge in [0.25, 0.3) is 0 Å². The average molecular weight is 384 g/mol. The highest BCUT2D eigenvalue weighted by molar-refractivity contribution is 7.91. The first kappa shape index (κ1) is 18.8. The number of anilines is 1. The summed E-state index contributed by atoms with van der Waals surface area (Å²) in [6, 6.07) is 13.9. The van der Waals surface area contributed by atoms with Crippen molar-refractivity contribution in [3.05, 3.63) is 72.3 Å². The molecular formula is C19H20N4O3S. The minimum absolute atomic E-state index is 0.117. The number of hydrogen-bond donors (Lipinski definition) is 1. The molecule has 3 rings (SSSR count). The van der Waals surface area contributed by atoms with E-state index in [1.165, 1.54) is 6.33 Å². The van der Waals surface area contributed by atoms with E-state index in [0.717, 1.165) is 11.1 Å². The molecule has 0 saturated carbocycles. The quantitative estimate of drug-likeness (QED) is 0.675. The number of sulfone groups is 1. The monoisotopic (exact) mass is 384 g/mol. The molecule has 0 saturated heterocycles. The maximum Gasteiger partial charge on any atom is 0.225 e. The molecule has 140 valence electrons. The molecule has 3 aromatic rings. The van der Waals surface area contributed by atoms with Crippen LogP contribution in [-0.4, -0.2) is 34.8 Å². The van der Waals surface area contributed by atoms with Gasteiger partial charge in [0, 0.05) is 12.1 Å². The van der Waals surface area contributed by atoms with Crippen molar-refractivity contribution >= 4 is 21.4 Å².